The number of aliphatic imine (C=N–C) groups is 1. The van der Waals surface area contributed by atoms with Crippen LogP contribution in [-0.2, 0) is 24.8 Å². The molecule has 1 N–H and O–H groups in total. The van der Waals surface area contributed by atoms with E-state index in [0.29, 0.717) is 6.54 Å². The number of nitrogens with one attached hydrogen (secondary N) is 1. The van der Waals surface area contributed by atoms with E-state index in [-0.39, 0.29) is 30.1 Å². The van der Waals surface area contributed by atoms with Crippen molar-refractivity contribution in [1.29, 1.82) is 0 Å². The molecule has 1 aromatic carbocycles. The van der Waals surface area contributed by atoms with Crippen molar-refractivity contribution in [2.75, 3.05) is 27.2 Å². The number of rotatable bonds is 7. The molecule has 1 unspecified atom stereocenters. The lowest BCUT2D eigenvalue weighted by atomic mass is 9.89. The number of aryl methyl sites for hydroxylation is 2. The highest BCUT2D eigenvalue weighted by molar-refractivity contribution is 14.0. The number of fused-ring (bicyclic) bond motifs is 1. The first-order valence-electron chi connectivity index (χ1n) is 9.63. The minimum atomic E-state index is 0. The van der Waals surface area contributed by atoms with Crippen molar-refractivity contribution in [1.82, 2.24) is 25.0 Å². The van der Waals surface area contributed by atoms with Crippen molar-refractivity contribution in [3.05, 3.63) is 47.5 Å². The van der Waals surface area contributed by atoms with Crippen LogP contribution in [0, 0.1) is 0 Å². The number of aromatic nitrogens is 3. The summed E-state index contributed by atoms with van der Waals surface area (Å²) < 4.78 is 7.95. The van der Waals surface area contributed by atoms with E-state index in [2.05, 4.69) is 44.7 Å². The molecular formula is C20H31IN6O. The molecule has 0 saturated carbocycles. The van der Waals surface area contributed by atoms with Gasteiger partial charge in [-0.2, -0.15) is 5.10 Å². The van der Waals surface area contributed by atoms with Gasteiger partial charge in [0.15, 0.2) is 5.96 Å². The molecule has 7 nitrogen and oxygen atoms in total. The van der Waals surface area contributed by atoms with Gasteiger partial charge in [0, 0.05) is 34.3 Å². The predicted octanol–water partition coefficient (Wildman–Crippen LogP) is 2.92. The molecule has 1 aliphatic rings. The summed E-state index contributed by atoms with van der Waals surface area (Å²) >= 11 is 0. The molecule has 1 aromatic heterocycles. The summed E-state index contributed by atoms with van der Waals surface area (Å²) in [6.07, 6.45) is 6.25. The third-order valence-electron chi connectivity index (χ3n) is 4.99. The zero-order valence-corrected chi connectivity index (χ0v) is 19.3. The standard InChI is InChI=1S/C20H30N6O.HI/c1-21-20(25(2)14-19-23-15-24-26(19)3)22-12-7-13-27-18-11-6-9-16-8-4-5-10-17(16)18;/h4-5,8,10,15,18H,6-7,9,11-14H2,1-3H3,(H,21,22);1H. The van der Waals surface area contributed by atoms with Gasteiger partial charge in [-0.3, -0.25) is 9.67 Å². The third-order valence-corrected chi connectivity index (χ3v) is 4.99. The number of nitrogens with zero attached hydrogens (tertiary/aromatic N) is 5. The first-order chi connectivity index (χ1) is 13.2. The maximum absolute atomic E-state index is 6.17. The Morgan fingerprint density at radius 2 is 2.21 bits per heavy atom. The van der Waals surface area contributed by atoms with Crippen LogP contribution in [0.15, 0.2) is 35.6 Å². The van der Waals surface area contributed by atoms with E-state index in [1.807, 2.05) is 19.0 Å². The van der Waals surface area contributed by atoms with E-state index in [4.69, 9.17) is 4.74 Å². The normalized spacial score (nSPS) is 16.2. The first kappa shape index (κ1) is 22.6. The van der Waals surface area contributed by atoms with E-state index >= 15 is 0 Å². The molecule has 28 heavy (non-hydrogen) atoms. The van der Waals surface area contributed by atoms with Gasteiger partial charge < -0.3 is 15.0 Å². The molecule has 0 bridgehead atoms. The van der Waals surface area contributed by atoms with Crippen molar-refractivity contribution < 1.29 is 4.74 Å². The summed E-state index contributed by atoms with van der Waals surface area (Å²) in [6, 6.07) is 8.66. The van der Waals surface area contributed by atoms with Crippen molar-refractivity contribution >= 4 is 29.9 Å². The summed E-state index contributed by atoms with van der Waals surface area (Å²) in [5, 5.41) is 7.50. The van der Waals surface area contributed by atoms with Gasteiger partial charge >= 0.3 is 0 Å². The molecule has 1 aliphatic carbocycles. The maximum atomic E-state index is 6.17. The van der Waals surface area contributed by atoms with Crippen molar-refractivity contribution in [3.63, 3.8) is 0 Å². The minimum Gasteiger partial charge on any atom is -0.373 e. The zero-order chi connectivity index (χ0) is 19.1. The summed E-state index contributed by atoms with van der Waals surface area (Å²) in [5.41, 5.74) is 2.81. The number of ether oxygens (including phenoxy) is 1. The molecule has 8 heteroatoms. The molecule has 2 aromatic rings. The monoisotopic (exact) mass is 498 g/mol. The van der Waals surface area contributed by atoms with Gasteiger partial charge in [0.05, 0.1) is 12.6 Å². The number of halogens is 1. The Labute approximate surface area is 184 Å². The van der Waals surface area contributed by atoms with Crippen LogP contribution >= 0.6 is 24.0 Å². The van der Waals surface area contributed by atoms with Gasteiger partial charge in [-0.05, 0) is 36.8 Å². The largest absolute Gasteiger partial charge is 0.373 e. The Morgan fingerprint density at radius 3 is 2.96 bits per heavy atom. The Morgan fingerprint density at radius 1 is 1.39 bits per heavy atom. The number of benzene rings is 1. The predicted molar refractivity (Wildman–Crippen MR) is 122 cm³/mol. The van der Waals surface area contributed by atoms with Gasteiger partial charge in [0.25, 0.3) is 0 Å². The lowest BCUT2D eigenvalue weighted by Crippen LogP contribution is -2.39. The molecule has 0 saturated heterocycles. The van der Waals surface area contributed by atoms with Crippen LogP contribution in [0.4, 0.5) is 0 Å². The smallest absolute Gasteiger partial charge is 0.193 e. The van der Waals surface area contributed by atoms with Crippen LogP contribution in [0.1, 0.15) is 42.3 Å². The SMILES string of the molecule is CN=C(NCCCOC1CCCc2ccccc21)N(C)Cc1ncnn1C.I. The highest BCUT2D eigenvalue weighted by Gasteiger charge is 2.19. The molecule has 0 amide bonds. The fourth-order valence-corrected chi connectivity index (χ4v) is 3.52. The topological polar surface area (TPSA) is 67.6 Å². The Bertz CT molecular complexity index is 763. The summed E-state index contributed by atoms with van der Waals surface area (Å²) in [7, 11) is 5.69. The van der Waals surface area contributed by atoms with E-state index in [1.165, 1.54) is 24.0 Å². The molecule has 0 aliphatic heterocycles. The Balaban J connectivity index is 0.00000280. The highest BCUT2D eigenvalue weighted by Crippen LogP contribution is 2.32. The molecule has 154 valence electrons. The molecule has 1 heterocycles. The fraction of sp³-hybridized carbons (Fsp3) is 0.550. The fourth-order valence-electron chi connectivity index (χ4n) is 3.52. The highest BCUT2D eigenvalue weighted by atomic mass is 127. The Kier molecular flexibility index (Phi) is 9.17. The average Bonchev–Trinajstić information content (AvgIpc) is 3.09. The Hall–Kier alpha value is -1.68. The van der Waals surface area contributed by atoms with Gasteiger partial charge in [0.1, 0.15) is 12.2 Å². The summed E-state index contributed by atoms with van der Waals surface area (Å²) in [4.78, 5) is 10.7. The third kappa shape index (κ3) is 5.91. The van der Waals surface area contributed by atoms with Gasteiger partial charge in [0.2, 0.25) is 0 Å². The lowest BCUT2D eigenvalue weighted by molar-refractivity contribution is 0.0397. The van der Waals surface area contributed by atoms with Crippen LogP contribution < -0.4 is 5.32 Å². The second-order valence-electron chi connectivity index (χ2n) is 6.93. The van der Waals surface area contributed by atoms with Gasteiger partial charge in [-0.1, -0.05) is 24.3 Å². The molecule has 0 radical (unpaired) electrons. The van der Waals surface area contributed by atoms with Crippen LogP contribution in [-0.4, -0.2) is 52.9 Å². The van der Waals surface area contributed by atoms with Crippen molar-refractivity contribution in [3.8, 4) is 0 Å². The molecule has 0 fully saturated rings. The van der Waals surface area contributed by atoms with Crippen molar-refractivity contribution in [2.24, 2.45) is 12.0 Å². The van der Waals surface area contributed by atoms with Crippen LogP contribution in [0.2, 0.25) is 0 Å². The summed E-state index contributed by atoms with van der Waals surface area (Å²) in [6.45, 7) is 2.23. The lowest BCUT2D eigenvalue weighted by Gasteiger charge is -2.26. The molecule has 1 atom stereocenters. The zero-order valence-electron chi connectivity index (χ0n) is 17.0. The summed E-state index contributed by atoms with van der Waals surface area (Å²) in [5.74, 6) is 1.75. The quantitative estimate of drug-likeness (QED) is 0.275. The van der Waals surface area contributed by atoms with Crippen LogP contribution in [0.25, 0.3) is 0 Å². The number of guanidine groups is 1. The second kappa shape index (κ2) is 11.4. The van der Waals surface area contributed by atoms with Crippen molar-refractivity contribution in [2.45, 2.75) is 38.3 Å². The first-order valence-corrected chi connectivity index (χ1v) is 9.63. The number of hydrogen-bond donors (Lipinski definition) is 1. The van der Waals surface area contributed by atoms with E-state index < -0.39 is 0 Å². The van der Waals surface area contributed by atoms with E-state index in [9.17, 15) is 0 Å². The van der Waals surface area contributed by atoms with Gasteiger partial charge in [-0.15, -0.1) is 24.0 Å². The second-order valence-corrected chi connectivity index (χ2v) is 6.93. The molecule has 0 spiro atoms. The van der Waals surface area contributed by atoms with E-state index in [0.717, 1.165) is 37.8 Å². The average molecular weight is 498 g/mol. The minimum absolute atomic E-state index is 0. The maximum Gasteiger partial charge on any atom is 0.193 e. The molecular weight excluding hydrogens is 467 g/mol. The van der Waals surface area contributed by atoms with Crippen LogP contribution in [0.5, 0.6) is 0 Å². The molecule has 3 rings (SSSR count). The van der Waals surface area contributed by atoms with Crippen LogP contribution in [0.3, 0.4) is 0 Å². The van der Waals surface area contributed by atoms with Gasteiger partial charge in [-0.25, -0.2) is 4.98 Å². The number of hydrogen-bond acceptors (Lipinski definition) is 4. The van der Waals surface area contributed by atoms with E-state index in [1.54, 1.807) is 18.1 Å².